The van der Waals surface area contributed by atoms with E-state index < -0.39 is 0 Å². The standard InChI is InChI=1S/C15H23N3O/c1-12(19)15-10-16-9-13-5-6-14(18(13)15)11-17-7-3-2-4-8-17/h5-6,15-16H,2-4,7-11H2,1H3. The minimum Gasteiger partial charge on any atom is -0.334 e. The molecule has 1 aromatic rings. The molecule has 0 saturated carbocycles. The largest absolute Gasteiger partial charge is 0.334 e. The third kappa shape index (κ3) is 2.60. The highest BCUT2D eigenvalue weighted by atomic mass is 16.1. The molecule has 104 valence electrons. The Balaban J connectivity index is 1.82. The number of carbonyl (C=O) groups excluding carboxylic acids is 1. The second kappa shape index (κ2) is 5.47. The van der Waals surface area contributed by atoms with Crippen molar-refractivity contribution in [3.8, 4) is 0 Å². The van der Waals surface area contributed by atoms with Crippen LogP contribution in [0.4, 0.5) is 0 Å². The first-order valence-electron chi connectivity index (χ1n) is 7.38. The van der Waals surface area contributed by atoms with Crippen LogP contribution in [0.3, 0.4) is 0 Å². The first-order valence-corrected chi connectivity index (χ1v) is 7.38. The van der Waals surface area contributed by atoms with Gasteiger partial charge in [0.1, 0.15) is 6.04 Å². The molecule has 1 atom stereocenters. The second-order valence-electron chi connectivity index (χ2n) is 5.78. The molecular formula is C15H23N3O. The molecule has 19 heavy (non-hydrogen) atoms. The maximum Gasteiger partial charge on any atom is 0.153 e. The molecule has 0 bridgehead atoms. The van der Waals surface area contributed by atoms with Gasteiger partial charge in [-0.25, -0.2) is 0 Å². The van der Waals surface area contributed by atoms with Crippen LogP contribution in [-0.4, -0.2) is 34.9 Å². The van der Waals surface area contributed by atoms with Crippen LogP contribution in [0, 0.1) is 0 Å². The van der Waals surface area contributed by atoms with Gasteiger partial charge in [0.25, 0.3) is 0 Å². The van der Waals surface area contributed by atoms with E-state index in [1.54, 1.807) is 6.92 Å². The van der Waals surface area contributed by atoms with Crippen molar-refractivity contribution in [3.05, 3.63) is 23.5 Å². The molecule has 1 fully saturated rings. The minimum atomic E-state index is -0.0152. The van der Waals surface area contributed by atoms with E-state index in [1.807, 2.05) is 0 Å². The number of rotatable bonds is 3. The normalized spacial score (nSPS) is 24.2. The van der Waals surface area contributed by atoms with E-state index >= 15 is 0 Å². The number of hydrogen-bond donors (Lipinski definition) is 1. The van der Waals surface area contributed by atoms with Crippen LogP contribution >= 0.6 is 0 Å². The lowest BCUT2D eigenvalue weighted by atomic mass is 10.1. The summed E-state index contributed by atoms with van der Waals surface area (Å²) in [6.07, 6.45) is 3.99. The highest BCUT2D eigenvalue weighted by Crippen LogP contribution is 2.23. The predicted molar refractivity (Wildman–Crippen MR) is 75.0 cm³/mol. The molecule has 1 saturated heterocycles. The zero-order chi connectivity index (χ0) is 13.2. The summed E-state index contributed by atoms with van der Waals surface area (Å²) >= 11 is 0. The van der Waals surface area contributed by atoms with Crippen LogP contribution in [-0.2, 0) is 17.9 Å². The first-order chi connectivity index (χ1) is 9.25. The van der Waals surface area contributed by atoms with Crippen molar-refractivity contribution in [2.45, 2.75) is 45.3 Å². The van der Waals surface area contributed by atoms with Gasteiger partial charge in [-0.1, -0.05) is 6.42 Å². The summed E-state index contributed by atoms with van der Waals surface area (Å²) in [4.78, 5) is 14.3. The number of nitrogens with zero attached hydrogens (tertiary/aromatic N) is 2. The number of aromatic nitrogens is 1. The van der Waals surface area contributed by atoms with Crippen molar-refractivity contribution < 1.29 is 4.79 Å². The van der Waals surface area contributed by atoms with Crippen LogP contribution in [0.1, 0.15) is 43.6 Å². The van der Waals surface area contributed by atoms with Crippen molar-refractivity contribution in [1.82, 2.24) is 14.8 Å². The van der Waals surface area contributed by atoms with Gasteiger partial charge < -0.3 is 9.88 Å². The Bertz CT molecular complexity index is 460. The van der Waals surface area contributed by atoms with E-state index in [-0.39, 0.29) is 11.8 Å². The molecule has 4 nitrogen and oxygen atoms in total. The second-order valence-corrected chi connectivity index (χ2v) is 5.78. The van der Waals surface area contributed by atoms with E-state index in [0.29, 0.717) is 0 Å². The van der Waals surface area contributed by atoms with E-state index in [4.69, 9.17) is 0 Å². The van der Waals surface area contributed by atoms with Gasteiger partial charge in [0, 0.05) is 31.0 Å². The molecule has 1 unspecified atom stereocenters. The Kier molecular flexibility index (Phi) is 3.71. The van der Waals surface area contributed by atoms with Crippen molar-refractivity contribution in [2.24, 2.45) is 0 Å². The van der Waals surface area contributed by atoms with Crippen LogP contribution in [0.25, 0.3) is 0 Å². The van der Waals surface area contributed by atoms with Gasteiger partial charge in [-0.15, -0.1) is 0 Å². The molecule has 0 radical (unpaired) electrons. The van der Waals surface area contributed by atoms with Gasteiger partial charge in [-0.05, 0) is 45.0 Å². The van der Waals surface area contributed by atoms with E-state index in [1.165, 1.54) is 43.7 Å². The van der Waals surface area contributed by atoms with Crippen molar-refractivity contribution in [2.75, 3.05) is 19.6 Å². The maximum absolute atomic E-state index is 11.8. The van der Waals surface area contributed by atoms with Crippen molar-refractivity contribution >= 4 is 5.78 Å². The molecule has 0 aliphatic carbocycles. The van der Waals surface area contributed by atoms with E-state index in [0.717, 1.165) is 19.6 Å². The Morgan fingerprint density at radius 3 is 2.84 bits per heavy atom. The summed E-state index contributed by atoms with van der Waals surface area (Å²) in [5, 5.41) is 3.33. The lowest BCUT2D eigenvalue weighted by Gasteiger charge is -2.31. The lowest BCUT2D eigenvalue weighted by molar-refractivity contribution is -0.120. The molecule has 1 aromatic heterocycles. The van der Waals surface area contributed by atoms with E-state index in [9.17, 15) is 4.79 Å². The average molecular weight is 261 g/mol. The monoisotopic (exact) mass is 261 g/mol. The smallest absolute Gasteiger partial charge is 0.153 e. The minimum absolute atomic E-state index is 0.0152. The number of carbonyl (C=O) groups is 1. The number of fused-ring (bicyclic) bond motifs is 1. The van der Waals surface area contributed by atoms with Gasteiger partial charge in [0.15, 0.2) is 5.78 Å². The SMILES string of the molecule is CC(=O)C1CNCc2ccc(CN3CCCCC3)n21. The number of hydrogen-bond acceptors (Lipinski definition) is 3. The zero-order valence-corrected chi connectivity index (χ0v) is 11.7. The highest BCUT2D eigenvalue weighted by molar-refractivity contribution is 5.80. The lowest BCUT2D eigenvalue weighted by Crippen LogP contribution is -2.38. The fourth-order valence-electron chi connectivity index (χ4n) is 3.31. The molecule has 4 heteroatoms. The molecule has 0 amide bonds. The number of ketones is 1. The maximum atomic E-state index is 11.8. The van der Waals surface area contributed by atoms with Gasteiger partial charge in [0.05, 0.1) is 0 Å². The van der Waals surface area contributed by atoms with Gasteiger partial charge in [-0.3, -0.25) is 9.69 Å². The molecule has 2 aliphatic rings. The zero-order valence-electron chi connectivity index (χ0n) is 11.7. The Morgan fingerprint density at radius 1 is 1.32 bits per heavy atom. The van der Waals surface area contributed by atoms with Crippen LogP contribution in [0.5, 0.6) is 0 Å². The third-order valence-electron chi connectivity index (χ3n) is 4.35. The predicted octanol–water partition coefficient (Wildman–Crippen LogP) is 1.71. The summed E-state index contributed by atoms with van der Waals surface area (Å²) in [7, 11) is 0. The Morgan fingerprint density at radius 2 is 2.11 bits per heavy atom. The fourth-order valence-corrected chi connectivity index (χ4v) is 3.31. The summed E-state index contributed by atoms with van der Waals surface area (Å²) in [6.45, 7) is 6.73. The summed E-state index contributed by atoms with van der Waals surface area (Å²) in [6, 6.07) is 4.35. The first kappa shape index (κ1) is 12.9. The molecule has 2 aliphatic heterocycles. The van der Waals surface area contributed by atoms with Gasteiger partial charge in [-0.2, -0.15) is 0 Å². The highest BCUT2D eigenvalue weighted by Gasteiger charge is 2.25. The topological polar surface area (TPSA) is 37.3 Å². The molecular weight excluding hydrogens is 238 g/mol. The Hall–Kier alpha value is -1.13. The van der Waals surface area contributed by atoms with Crippen molar-refractivity contribution in [1.29, 1.82) is 0 Å². The molecule has 0 spiro atoms. The van der Waals surface area contributed by atoms with Crippen LogP contribution < -0.4 is 5.32 Å². The van der Waals surface area contributed by atoms with Crippen LogP contribution in [0.2, 0.25) is 0 Å². The molecule has 3 heterocycles. The number of piperidine rings is 1. The van der Waals surface area contributed by atoms with Crippen LogP contribution in [0.15, 0.2) is 12.1 Å². The number of nitrogens with one attached hydrogen (secondary N) is 1. The quantitative estimate of drug-likeness (QED) is 0.900. The van der Waals surface area contributed by atoms with Gasteiger partial charge >= 0.3 is 0 Å². The number of likely N-dealkylation sites (tertiary alicyclic amines) is 1. The fraction of sp³-hybridized carbons (Fsp3) is 0.667. The van der Waals surface area contributed by atoms with Gasteiger partial charge in [0.2, 0.25) is 0 Å². The summed E-state index contributed by atoms with van der Waals surface area (Å²) in [5.74, 6) is 0.254. The average Bonchev–Trinajstić information content (AvgIpc) is 2.83. The molecule has 0 aromatic carbocycles. The van der Waals surface area contributed by atoms with Crippen molar-refractivity contribution in [3.63, 3.8) is 0 Å². The van der Waals surface area contributed by atoms with E-state index in [2.05, 4.69) is 26.9 Å². The molecule has 3 rings (SSSR count). The number of Topliss-reactive ketones (excluding diaryl/α,β-unsaturated/α-hetero) is 1. The summed E-state index contributed by atoms with van der Waals surface area (Å²) in [5.41, 5.74) is 2.55. The Labute approximate surface area is 114 Å². The summed E-state index contributed by atoms with van der Waals surface area (Å²) < 4.78 is 2.27. The third-order valence-corrected chi connectivity index (χ3v) is 4.35. The molecule has 1 N–H and O–H groups in total.